The summed E-state index contributed by atoms with van der Waals surface area (Å²) in [6.07, 6.45) is 17.4. The molecule has 0 N–H and O–H groups in total. The highest BCUT2D eigenvalue weighted by Gasteiger charge is 2.05. The van der Waals surface area contributed by atoms with Crippen molar-refractivity contribution in [3.63, 3.8) is 0 Å². The van der Waals surface area contributed by atoms with Gasteiger partial charge in [-0.2, -0.15) is 0 Å². The van der Waals surface area contributed by atoms with E-state index in [1.54, 1.807) is 0 Å². The van der Waals surface area contributed by atoms with E-state index in [1.165, 1.54) is 6.07 Å². The number of aryl methyl sites for hydroxylation is 1. The third-order valence-corrected chi connectivity index (χ3v) is 3.80. The van der Waals surface area contributed by atoms with Crippen molar-refractivity contribution < 1.29 is 9.15 Å². The van der Waals surface area contributed by atoms with Crippen LogP contribution >= 0.6 is 0 Å². The number of hydrogen-bond acceptors (Lipinski definition) is 3. The van der Waals surface area contributed by atoms with Crippen molar-refractivity contribution in [2.75, 3.05) is 0 Å². The predicted molar refractivity (Wildman–Crippen MR) is 101 cm³/mol. The minimum atomic E-state index is -0.361. The highest BCUT2D eigenvalue weighted by molar-refractivity contribution is 5.23. The topological polar surface area (TPSA) is 39.4 Å². The van der Waals surface area contributed by atoms with Crippen LogP contribution in [-0.2, 0) is 6.42 Å². The first-order valence-electron chi connectivity index (χ1n) is 9.04. The molecule has 0 atom stereocenters. The maximum absolute atomic E-state index is 11.8. The molecule has 0 saturated carbocycles. The Kier molecular flexibility index (Phi) is 8.41. The summed E-state index contributed by atoms with van der Waals surface area (Å²) in [5, 5.41) is 0. The van der Waals surface area contributed by atoms with Crippen molar-refractivity contribution >= 4 is 0 Å². The molecule has 1 aromatic rings. The van der Waals surface area contributed by atoms with Gasteiger partial charge in [0.1, 0.15) is 17.3 Å². The third kappa shape index (κ3) is 7.76. The first-order chi connectivity index (χ1) is 12.3. The number of hydrogen-bond donors (Lipinski definition) is 0. The van der Waals surface area contributed by atoms with Crippen LogP contribution in [0.2, 0.25) is 0 Å². The van der Waals surface area contributed by atoms with Crippen LogP contribution in [0.15, 0.2) is 57.5 Å². The van der Waals surface area contributed by atoms with Gasteiger partial charge >= 0.3 is 5.63 Å². The zero-order valence-corrected chi connectivity index (χ0v) is 14.9. The van der Waals surface area contributed by atoms with Gasteiger partial charge < -0.3 is 9.15 Å². The van der Waals surface area contributed by atoms with Gasteiger partial charge in [-0.25, -0.2) is 4.79 Å². The Morgan fingerprint density at radius 1 is 1.04 bits per heavy atom. The standard InChI is InChI=1S/C22H26O3/c1-2-19-15-13-11-9-7-5-3-4-6-8-10-12-14-16-20-17-21(24-19)18-22(23)25-20/h3,5,9,11,15,17-18H,2,4,7,10,12-14,16H2,1H3/b5-3-,11-9-,19-15+. The molecular formula is C22H26O3. The van der Waals surface area contributed by atoms with Gasteiger partial charge in [0.25, 0.3) is 0 Å². The van der Waals surface area contributed by atoms with Crippen molar-refractivity contribution in [1.29, 1.82) is 0 Å². The van der Waals surface area contributed by atoms with Crippen molar-refractivity contribution in [3.05, 3.63) is 64.5 Å². The van der Waals surface area contributed by atoms with Gasteiger partial charge in [0, 0.05) is 31.7 Å². The fraction of sp³-hybridized carbons (Fsp3) is 0.409. The second kappa shape index (κ2) is 11.1. The fourth-order valence-corrected chi connectivity index (χ4v) is 2.48. The van der Waals surface area contributed by atoms with Gasteiger partial charge in [-0.05, 0) is 31.8 Å². The Hall–Kier alpha value is -2.47. The lowest BCUT2D eigenvalue weighted by Gasteiger charge is -2.09. The molecule has 0 unspecified atom stereocenters. The van der Waals surface area contributed by atoms with Crippen LogP contribution in [-0.4, -0.2) is 0 Å². The minimum absolute atomic E-state index is 0.361. The van der Waals surface area contributed by atoms with Crippen molar-refractivity contribution in [1.82, 2.24) is 0 Å². The fourth-order valence-electron chi connectivity index (χ4n) is 2.48. The van der Waals surface area contributed by atoms with Gasteiger partial charge in [-0.3, -0.25) is 0 Å². The summed E-state index contributed by atoms with van der Waals surface area (Å²) in [6, 6.07) is 3.23. The van der Waals surface area contributed by atoms with Gasteiger partial charge in [0.2, 0.25) is 0 Å². The van der Waals surface area contributed by atoms with Crippen LogP contribution in [0.5, 0.6) is 5.75 Å². The molecule has 0 aliphatic carbocycles. The van der Waals surface area contributed by atoms with Gasteiger partial charge in [-0.15, -0.1) is 5.92 Å². The highest BCUT2D eigenvalue weighted by atomic mass is 16.5. The number of allylic oxidation sites excluding steroid dienone is 6. The molecule has 25 heavy (non-hydrogen) atoms. The van der Waals surface area contributed by atoms with Gasteiger partial charge in [0.15, 0.2) is 0 Å². The molecule has 3 heteroatoms. The molecule has 132 valence electrons. The van der Waals surface area contributed by atoms with Crippen molar-refractivity contribution in [2.24, 2.45) is 0 Å². The normalized spacial score (nSPS) is 21.1. The Morgan fingerprint density at radius 2 is 1.88 bits per heavy atom. The summed E-state index contributed by atoms with van der Waals surface area (Å²) in [7, 11) is 0. The molecule has 1 aliphatic rings. The zero-order valence-electron chi connectivity index (χ0n) is 14.9. The van der Waals surface area contributed by atoms with Gasteiger partial charge in [-0.1, -0.05) is 37.1 Å². The quantitative estimate of drug-likeness (QED) is 0.513. The molecule has 0 spiro atoms. The van der Waals surface area contributed by atoms with E-state index < -0.39 is 0 Å². The van der Waals surface area contributed by atoms with Crippen LogP contribution in [0.25, 0.3) is 0 Å². The van der Waals surface area contributed by atoms with Gasteiger partial charge in [0.05, 0.1) is 6.07 Å². The summed E-state index contributed by atoms with van der Waals surface area (Å²) in [6.45, 7) is 2.04. The average Bonchev–Trinajstić information content (AvgIpc) is 2.60. The molecule has 2 bridgehead atoms. The van der Waals surface area contributed by atoms with Crippen LogP contribution in [0.1, 0.15) is 57.6 Å². The van der Waals surface area contributed by atoms with E-state index in [0.29, 0.717) is 11.5 Å². The molecule has 0 aromatic carbocycles. The van der Waals surface area contributed by atoms with E-state index in [0.717, 1.165) is 57.1 Å². The smallest absolute Gasteiger partial charge is 0.339 e. The second-order valence-corrected chi connectivity index (χ2v) is 5.88. The Labute approximate surface area is 150 Å². The van der Waals surface area contributed by atoms with E-state index in [1.807, 2.05) is 19.1 Å². The predicted octanol–water partition coefficient (Wildman–Crippen LogP) is 5.33. The maximum atomic E-state index is 11.8. The van der Waals surface area contributed by atoms with E-state index in [9.17, 15) is 4.79 Å². The molecule has 0 radical (unpaired) electrons. The average molecular weight is 338 g/mol. The summed E-state index contributed by atoms with van der Waals surface area (Å²) < 4.78 is 11.2. The molecule has 2 heterocycles. The summed E-state index contributed by atoms with van der Waals surface area (Å²) >= 11 is 0. The molecule has 2 rings (SSSR count). The number of rotatable bonds is 1. The number of fused-ring (bicyclic) bond motifs is 2. The van der Waals surface area contributed by atoms with E-state index in [2.05, 4.69) is 36.1 Å². The Bertz CT molecular complexity index is 739. The van der Waals surface area contributed by atoms with E-state index >= 15 is 0 Å². The molecule has 1 aliphatic heterocycles. The SMILES string of the molecule is CC/C1=C\C/C=C\C/C=C\CC#CCCCCc2cc(cc(=O)o2)O1. The highest BCUT2D eigenvalue weighted by Crippen LogP contribution is 2.17. The maximum Gasteiger partial charge on any atom is 0.339 e. The third-order valence-electron chi connectivity index (χ3n) is 3.80. The van der Waals surface area contributed by atoms with Crippen LogP contribution in [0, 0.1) is 11.8 Å². The molecule has 0 saturated heterocycles. The Balaban J connectivity index is 2.14. The number of ether oxygens (including phenoxy) is 1. The van der Waals surface area contributed by atoms with E-state index in [-0.39, 0.29) is 5.63 Å². The largest absolute Gasteiger partial charge is 0.462 e. The lowest BCUT2D eigenvalue weighted by Crippen LogP contribution is -2.03. The van der Waals surface area contributed by atoms with E-state index in [4.69, 9.17) is 9.15 Å². The van der Waals surface area contributed by atoms with Crippen LogP contribution in [0.3, 0.4) is 0 Å². The lowest BCUT2D eigenvalue weighted by molar-refractivity contribution is 0.386. The minimum Gasteiger partial charge on any atom is -0.462 e. The van der Waals surface area contributed by atoms with Crippen molar-refractivity contribution in [2.45, 2.75) is 58.3 Å². The Morgan fingerprint density at radius 3 is 2.76 bits per heavy atom. The second-order valence-electron chi connectivity index (χ2n) is 5.88. The van der Waals surface area contributed by atoms with Crippen LogP contribution < -0.4 is 10.4 Å². The first-order valence-corrected chi connectivity index (χ1v) is 9.04. The van der Waals surface area contributed by atoms with Crippen LogP contribution in [0.4, 0.5) is 0 Å². The monoisotopic (exact) mass is 338 g/mol. The summed E-state index contributed by atoms with van der Waals surface area (Å²) in [5.74, 6) is 8.45. The summed E-state index contributed by atoms with van der Waals surface area (Å²) in [4.78, 5) is 11.8. The molecule has 3 nitrogen and oxygen atoms in total. The molecule has 0 amide bonds. The zero-order chi connectivity index (χ0) is 17.7. The summed E-state index contributed by atoms with van der Waals surface area (Å²) in [5.41, 5.74) is -0.361. The van der Waals surface area contributed by atoms with Crippen molar-refractivity contribution in [3.8, 4) is 17.6 Å². The first kappa shape index (κ1) is 18.9. The lowest BCUT2D eigenvalue weighted by atomic mass is 10.1. The molecule has 1 aromatic heterocycles. The molecule has 0 fully saturated rings. The molecular weight excluding hydrogens is 312 g/mol.